The van der Waals surface area contributed by atoms with Crippen molar-refractivity contribution in [3.05, 3.63) is 42.5 Å². The minimum absolute atomic E-state index is 0.0926. The van der Waals surface area contributed by atoms with E-state index in [2.05, 4.69) is 18.8 Å². The van der Waals surface area contributed by atoms with Crippen LogP contribution in [-0.2, 0) is 25.5 Å². The van der Waals surface area contributed by atoms with Gasteiger partial charge in [0.2, 0.25) is 5.91 Å². The number of rotatable bonds is 7. The van der Waals surface area contributed by atoms with Gasteiger partial charge >= 0.3 is 5.97 Å². The molecule has 2 amide bonds. The molecule has 1 saturated heterocycles. The van der Waals surface area contributed by atoms with Crippen molar-refractivity contribution in [3.8, 4) is 0 Å². The van der Waals surface area contributed by atoms with Gasteiger partial charge in [0, 0.05) is 25.2 Å². The molecule has 0 saturated carbocycles. The summed E-state index contributed by atoms with van der Waals surface area (Å²) in [5, 5.41) is 2.57. The first-order valence-corrected chi connectivity index (χ1v) is 8.44. The molecule has 1 aliphatic heterocycles. The maximum atomic E-state index is 12.3. The van der Waals surface area contributed by atoms with Crippen molar-refractivity contribution in [3.63, 3.8) is 0 Å². The standard InChI is InChI=1S/C19H24N2O4/c1-4-10-20-18(23)13(3)25-19(24)15-11-17(22)21(12-15)16-8-6-14(5-2)7-9-16/h4,6-9,13,15H,1,5,10-12H2,2-3H3,(H,20,23)/t13-,15+/m0/s1. The monoisotopic (exact) mass is 344 g/mol. The van der Waals surface area contributed by atoms with Crippen molar-refractivity contribution in [2.45, 2.75) is 32.8 Å². The van der Waals surface area contributed by atoms with Gasteiger partial charge in [0.05, 0.1) is 5.92 Å². The number of carbonyl (C=O) groups is 3. The lowest BCUT2D eigenvalue weighted by molar-refractivity contribution is -0.158. The van der Waals surface area contributed by atoms with Crippen molar-refractivity contribution in [1.29, 1.82) is 0 Å². The Labute approximate surface area is 147 Å². The average molecular weight is 344 g/mol. The topological polar surface area (TPSA) is 75.7 Å². The number of nitrogens with one attached hydrogen (secondary N) is 1. The number of esters is 1. The van der Waals surface area contributed by atoms with Gasteiger partial charge in [-0.25, -0.2) is 0 Å². The SMILES string of the molecule is C=CCNC(=O)[C@H](C)OC(=O)[C@@H]1CC(=O)N(c2ccc(CC)cc2)C1. The number of carbonyl (C=O) groups excluding carboxylic acids is 3. The molecule has 6 nitrogen and oxygen atoms in total. The molecule has 134 valence electrons. The molecule has 1 fully saturated rings. The first-order valence-electron chi connectivity index (χ1n) is 8.44. The summed E-state index contributed by atoms with van der Waals surface area (Å²) in [5.74, 6) is -1.59. The first-order chi connectivity index (χ1) is 12.0. The van der Waals surface area contributed by atoms with E-state index in [-0.39, 0.29) is 24.8 Å². The van der Waals surface area contributed by atoms with E-state index in [9.17, 15) is 14.4 Å². The summed E-state index contributed by atoms with van der Waals surface area (Å²) in [5.41, 5.74) is 1.96. The van der Waals surface area contributed by atoms with Crippen LogP contribution in [0.15, 0.2) is 36.9 Å². The first kappa shape index (κ1) is 18.7. The highest BCUT2D eigenvalue weighted by Crippen LogP contribution is 2.26. The fourth-order valence-electron chi connectivity index (χ4n) is 2.67. The van der Waals surface area contributed by atoms with Gasteiger partial charge < -0.3 is 15.0 Å². The highest BCUT2D eigenvalue weighted by atomic mass is 16.5. The van der Waals surface area contributed by atoms with E-state index in [1.54, 1.807) is 11.0 Å². The van der Waals surface area contributed by atoms with E-state index >= 15 is 0 Å². The Morgan fingerprint density at radius 1 is 1.40 bits per heavy atom. The number of benzene rings is 1. The number of hydrogen-bond acceptors (Lipinski definition) is 4. The second kappa shape index (κ2) is 8.46. The molecule has 25 heavy (non-hydrogen) atoms. The summed E-state index contributed by atoms with van der Waals surface area (Å²) < 4.78 is 5.20. The fraction of sp³-hybridized carbons (Fsp3) is 0.421. The van der Waals surface area contributed by atoms with Crippen molar-refractivity contribution in [2.75, 3.05) is 18.0 Å². The van der Waals surface area contributed by atoms with Crippen molar-refractivity contribution >= 4 is 23.5 Å². The second-order valence-corrected chi connectivity index (χ2v) is 6.04. The van der Waals surface area contributed by atoms with Gasteiger partial charge in [0.25, 0.3) is 5.91 Å². The van der Waals surface area contributed by atoms with Crippen molar-refractivity contribution in [1.82, 2.24) is 5.32 Å². The molecule has 2 rings (SSSR count). The second-order valence-electron chi connectivity index (χ2n) is 6.04. The lowest BCUT2D eigenvalue weighted by Gasteiger charge is -2.18. The minimum atomic E-state index is -0.902. The molecule has 0 aromatic heterocycles. The van der Waals surface area contributed by atoms with Crippen LogP contribution in [0, 0.1) is 5.92 Å². The molecule has 0 unspecified atom stereocenters. The summed E-state index contributed by atoms with van der Waals surface area (Å²) in [4.78, 5) is 37.8. The van der Waals surface area contributed by atoms with Gasteiger partial charge in [-0.1, -0.05) is 25.1 Å². The molecule has 1 heterocycles. The van der Waals surface area contributed by atoms with Crippen LogP contribution >= 0.6 is 0 Å². The predicted molar refractivity (Wildman–Crippen MR) is 95.0 cm³/mol. The molecular formula is C19H24N2O4. The number of aryl methyl sites for hydroxylation is 1. The van der Waals surface area contributed by atoms with Crippen LogP contribution in [0.2, 0.25) is 0 Å². The molecule has 1 aromatic carbocycles. The molecule has 2 atom stereocenters. The maximum absolute atomic E-state index is 12.3. The number of hydrogen-bond donors (Lipinski definition) is 1. The largest absolute Gasteiger partial charge is 0.452 e. The zero-order chi connectivity index (χ0) is 18.4. The van der Waals surface area contributed by atoms with Gasteiger partial charge in [-0.15, -0.1) is 6.58 Å². The van der Waals surface area contributed by atoms with Crippen LogP contribution in [-0.4, -0.2) is 37.0 Å². The molecule has 1 N–H and O–H groups in total. The van der Waals surface area contributed by atoms with Crippen LogP contribution in [0.25, 0.3) is 0 Å². The van der Waals surface area contributed by atoms with Crippen molar-refractivity contribution < 1.29 is 19.1 Å². The number of nitrogens with zero attached hydrogens (tertiary/aromatic N) is 1. The van der Waals surface area contributed by atoms with Crippen LogP contribution in [0.5, 0.6) is 0 Å². The van der Waals surface area contributed by atoms with Crippen molar-refractivity contribution in [2.24, 2.45) is 5.92 Å². The smallest absolute Gasteiger partial charge is 0.312 e. The summed E-state index contributed by atoms with van der Waals surface area (Å²) in [6.45, 7) is 7.66. The van der Waals surface area contributed by atoms with Gasteiger partial charge in [-0.05, 0) is 31.0 Å². The molecule has 6 heteroatoms. The highest BCUT2D eigenvalue weighted by Gasteiger charge is 2.37. The minimum Gasteiger partial charge on any atom is -0.452 e. The number of anilines is 1. The molecule has 1 aromatic rings. The zero-order valence-corrected chi connectivity index (χ0v) is 14.7. The van der Waals surface area contributed by atoms with Gasteiger partial charge in [-0.3, -0.25) is 14.4 Å². The molecule has 1 aliphatic rings. The average Bonchev–Trinajstić information content (AvgIpc) is 3.01. The summed E-state index contributed by atoms with van der Waals surface area (Å²) >= 11 is 0. The Balaban J connectivity index is 1.95. The van der Waals surface area contributed by atoms with Crippen LogP contribution in [0.1, 0.15) is 25.8 Å². The van der Waals surface area contributed by atoms with Gasteiger partial charge in [-0.2, -0.15) is 0 Å². The van der Waals surface area contributed by atoms with Crippen LogP contribution in [0.4, 0.5) is 5.69 Å². The van der Waals surface area contributed by atoms with E-state index in [1.165, 1.54) is 12.5 Å². The summed E-state index contributed by atoms with van der Waals surface area (Å²) in [6, 6.07) is 7.71. The lowest BCUT2D eigenvalue weighted by atomic mass is 10.1. The van der Waals surface area contributed by atoms with Gasteiger partial charge in [0.15, 0.2) is 6.10 Å². The summed E-state index contributed by atoms with van der Waals surface area (Å²) in [6.07, 6.45) is 1.66. The molecule has 0 aliphatic carbocycles. The number of ether oxygens (including phenoxy) is 1. The normalized spacial score (nSPS) is 17.9. The maximum Gasteiger partial charge on any atom is 0.312 e. The Morgan fingerprint density at radius 2 is 2.08 bits per heavy atom. The lowest BCUT2D eigenvalue weighted by Crippen LogP contribution is -2.37. The number of amides is 2. The highest BCUT2D eigenvalue weighted by molar-refractivity contribution is 5.99. The van der Waals surface area contributed by atoms with E-state index in [1.807, 2.05) is 24.3 Å². The fourth-order valence-corrected chi connectivity index (χ4v) is 2.67. The Morgan fingerprint density at radius 3 is 2.68 bits per heavy atom. The third kappa shape index (κ3) is 4.68. The van der Waals surface area contributed by atoms with Crippen LogP contribution < -0.4 is 10.2 Å². The quantitative estimate of drug-likeness (QED) is 0.605. The Hall–Kier alpha value is -2.63. The molecule has 0 spiro atoms. The molecule has 0 radical (unpaired) electrons. The molecule has 0 bridgehead atoms. The van der Waals surface area contributed by atoms with E-state index in [0.29, 0.717) is 6.54 Å². The third-order valence-corrected chi connectivity index (χ3v) is 4.20. The Bertz CT molecular complexity index is 654. The zero-order valence-electron chi connectivity index (χ0n) is 14.7. The Kier molecular flexibility index (Phi) is 6.33. The third-order valence-electron chi connectivity index (χ3n) is 4.20. The molecular weight excluding hydrogens is 320 g/mol. The van der Waals surface area contributed by atoms with Crippen LogP contribution in [0.3, 0.4) is 0 Å². The summed E-state index contributed by atoms with van der Waals surface area (Å²) in [7, 11) is 0. The van der Waals surface area contributed by atoms with E-state index < -0.39 is 18.0 Å². The predicted octanol–water partition coefficient (Wildman–Crippen LogP) is 1.84. The van der Waals surface area contributed by atoms with E-state index in [4.69, 9.17) is 4.74 Å². The van der Waals surface area contributed by atoms with E-state index in [0.717, 1.165) is 12.1 Å². The van der Waals surface area contributed by atoms with Gasteiger partial charge in [0.1, 0.15) is 0 Å².